The van der Waals surface area contributed by atoms with Gasteiger partial charge in [0.05, 0.1) is 0 Å². The number of carbonyl (C=O) groups is 2. The molecule has 1 aromatic heterocycles. The van der Waals surface area contributed by atoms with E-state index in [0.29, 0.717) is 11.4 Å². The lowest BCUT2D eigenvalue weighted by molar-refractivity contribution is -0.117. The Labute approximate surface area is 132 Å². The molecule has 22 heavy (non-hydrogen) atoms. The molecular formula is C15H14N2O4S. The average molecular weight is 318 g/mol. The van der Waals surface area contributed by atoms with Gasteiger partial charge in [-0.3, -0.25) is 4.79 Å². The number of hydrogen-bond acceptors (Lipinski definition) is 4. The molecule has 6 nitrogen and oxygen atoms in total. The van der Waals surface area contributed by atoms with Gasteiger partial charge in [-0.1, -0.05) is 12.1 Å². The topological polar surface area (TPSA) is 91.6 Å². The smallest absolute Gasteiger partial charge is 0.371 e. The van der Waals surface area contributed by atoms with Crippen molar-refractivity contribution in [2.75, 3.05) is 5.32 Å². The maximum absolute atomic E-state index is 11.0. The SMILES string of the molecule is CC(=O)NC(=S)Nc1cccc(-c2ccc(C(=O)O)o2)c1C. The van der Waals surface area contributed by atoms with Gasteiger partial charge in [-0.05, 0) is 42.9 Å². The Morgan fingerprint density at radius 2 is 1.95 bits per heavy atom. The summed E-state index contributed by atoms with van der Waals surface area (Å²) < 4.78 is 5.31. The standard InChI is InChI=1S/C15H14N2O4S/c1-8-10(12-6-7-13(21-12)14(19)20)4-3-5-11(8)17-15(22)16-9(2)18/h3-7H,1-2H3,(H,19,20)(H2,16,17,18,22). The van der Waals surface area contributed by atoms with E-state index in [0.717, 1.165) is 11.1 Å². The minimum Gasteiger partial charge on any atom is -0.475 e. The third kappa shape index (κ3) is 3.50. The second-order valence-electron chi connectivity index (χ2n) is 4.58. The Morgan fingerprint density at radius 1 is 1.23 bits per heavy atom. The molecule has 1 heterocycles. The third-order valence-electron chi connectivity index (χ3n) is 2.95. The van der Waals surface area contributed by atoms with Crippen LogP contribution in [0.3, 0.4) is 0 Å². The van der Waals surface area contributed by atoms with Crippen LogP contribution >= 0.6 is 12.2 Å². The van der Waals surface area contributed by atoms with Gasteiger partial charge in [-0.2, -0.15) is 0 Å². The van der Waals surface area contributed by atoms with Gasteiger partial charge < -0.3 is 20.2 Å². The van der Waals surface area contributed by atoms with Crippen LogP contribution in [-0.4, -0.2) is 22.1 Å². The van der Waals surface area contributed by atoms with Crippen molar-refractivity contribution >= 4 is 34.9 Å². The van der Waals surface area contributed by atoms with Crippen LogP contribution in [-0.2, 0) is 4.79 Å². The van der Waals surface area contributed by atoms with Crippen molar-refractivity contribution in [2.45, 2.75) is 13.8 Å². The Morgan fingerprint density at radius 3 is 2.55 bits per heavy atom. The number of carboxylic acids is 1. The van der Waals surface area contributed by atoms with Crippen molar-refractivity contribution < 1.29 is 19.1 Å². The maximum atomic E-state index is 11.0. The number of thiocarbonyl (C=S) groups is 1. The van der Waals surface area contributed by atoms with Crippen molar-refractivity contribution in [1.82, 2.24) is 5.32 Å². The molecule has 0 saturated carbocycles. The highest BCUT2D eigenvalue weighted by Crippen LogP contribution is 2.30. The molecule has 2 rings (SSSR count). The fourth-order valence-electron chi connectivity index (χ4n) is 1.95. The first kappa shape index (κ1) is 15.7. The van der Waals surface area contributed by atoms with E-state index in [4.69, 9.17) is 21.7 Å². The Hall–Kier alpha value is -2.67. The fraction of sp³-hybridized carbons (Fsp3) is 0.133. The van der Waals surface area contributed by atoms with Crippen LogP contribution in [0.15, 0.2) is 34.7 Å². The number of amides is 1. The highest BCUT2D eigenvalue weighted by Gasteiger charge is 2.14. The van der Waals surface area contributed by atoms with Crippen LogP contribution < -0.4 is 10.6 Å². The zero-order valence-electron chi connectivity index (χ0n) is 12.0. The van der Waals surface area contributed by atoms with Crippen molar-refractivity contribution in [3.8, 4) is 11.3 Å². The van der Waals surface area contributed by atoms with Crippen molar-refractivity contribution in [1.29, 1.82) is 0 Å². The molecule has 0 saturated heterocycles. The highest BCUT2D eigenvalue weighted by atomic mass is 32.1. The number of furan rings is 1. The number of nitrogens with one attached hydrogen (secondary N) is 2. The number of carbonyl (C=O) groups excluding carboxylic acids is 1. The van der Waals surface area contributed by atoms with Crippen LogP contribution in [0.1, 0.15) is 23.0 Å². The quantitative estimate of drug-likeness (QED) is 0.754. The number of carboxylic acid groups (broad SMARTS) is 1. The predicted molar refractivity (Wildman–Crippen MR) is 85.9 cm³/mol. The van der Waals surface area contributed by atoms with E-state index < -0.39 is 5.97 Å². The molecule has 0 aliphatic rings. The molecule has 0 bridgehead atoms. The molecule has 2 aromatic rings. The Bertz CT molecular complexity index is 752. The average Bonchev–Trinajstić information content (AvgIpc) is 2.90. The molecule has 1 amide bonds. The maximum Gasteiger partial charge on any atom is 0.371 e. The van der Waals surface area contributed by atoms with Gasteiger partial charge >= 0.3 is 5.97 Å². The van der Waals surface area contributed by atoms with E-state index in [1.165, 1.54) is 13.0 Å². The second-order valence-corrected chi connectivity index (χ2v) is 4.99. The van der Waals surface area contributed by atoms with Crippen molar-refractivity contribution in [3.63, 3.8) is 0 Å². The van der Waals surface area contributed by atoms with Gasteiger partial charge in [0.25, 0.3) is 0 Å². The van der Waals surface area contributed by atoms with Crippen LogP contribution in [0.5, 0.6) is 0 Å². The summed E-state index contributed by atoms with van der Waals surface area (Å²) in [5.41, 5.74) is 2.26. The molecule has 114 valence electrons. The zero-order chi connectivity index (χ0) is 16.3. The minimum atomic E-state index is -1.12. The summed E-state index contributed by atoms with van der Waals surface area (Å²) in [6.45, 7) is 3.21. The zero-order valence-corrected chi connectivity index (χ0v) is 12.8. The lowest BCUT2D eigenvalue weighted by Gasteiger charge is -2.13. The van der Waals surface area contributed by atoms with Gasteiger partial charge in [0, 0.05) is 18.2 Å². The van der Waals surface area contributed by atoms with Gasteiger partial charge in [0.15, 0.2) is 5.11 Å². The van der Waals surface area contributed by atoms with E-state index in [1.807, 2.05) is 13.0 Å². The molecule has 0 atom stereocenters. The largest absolute Gasteiger partial charge is 0.475 e. The number of hydrogen-bond donors (Lipinski definition) is 3. The first-order chi connectivity index (χ1) is 10.4. The minimum absolute atomic E-state index is 0.124. The van der Waals surface area contributed by atoms with Crippen LogP contribution in [0.25, 0.3) is 11.3 Å². The number of anilines is 1. The summed E-state index contributed by atoms with van der Waals surface area (Å²) in [5, 5.41) is 14.5. The molecule has 0 radical (unpaired) electrons. The number of aromatic carboxylic acids is 1. The molecule has 3 N–H and O–H groups in total. The van der Waals surface area contributed by atoms with E-state index in [9.17, 15) is 9.59 Å². The summed E-state index contributed by atoms with van der Waals surface area (Å²) in [7, 11) is 0. The van der Waals surface area contributed by atoms with Gasteiger partial charge in [0.2, 0.25) is 11.7 Å². The lowest BCUT2D eigenvalue weighted by Crippen LogP contribution is -2.32. The summed E-state index contributed by atoms with van der Waals surface area (Å²) in [6.07, 6.45) is 0. The third-order valence-corrected chi connectivity index (χ3v) is 3.16. The predicted octanol–water partition coefficient (Wildman–Crippen LogP) is 2.79. The molecule has 0 aliphatic carbocycles. The highest BCUT2D eigenvalue weighted by molar-refractivity contribution is 7.80. The number of benzene rings is 1. The number of rotatable bonds is 3. The normalized spacial score (nSPS) is 10.1. The molecule has 0 fully saturated rings. The van der Waals surface area contributed by atoms with E-state index in [2.05, 4.69) is 10.6 Å². The summed E-state index contributed by atoms with van der Waals surface area (Å²) in [4.78, 5) is 21.9. The van der Waals surface area contributed by atoms with Gasteiger partial charge in [-0.15, -0.1) is 0 Å². The van der Waals surface area contributed by atoms with Gasteiger partial charge in [0.1, 0.15) is 5.76 Å². The van der Waals surface area contributed by atoms with E-state index in [-0.39, 0.29) is 16.8 Å². The molecule has 0 unspecified atom stereocenters. The molecule has 0 spiro atoms. The van der Waals surface area contributed by atoms with Crippen LogP contribution in [0.4, 0.5) is 5.69 Å². The first-order valence-corrected chi connectivity index (χ1v) is 6.81. The second kappa shape index (κ2) is 6.40. The fourth-order valence-corrected chi connectivity index (χ4v) is 2.20. The van der Waals surface area contributed by atoms with Gasteiger partial charge in [-0.25, -0.2) is 4.79 Å². The molecular weight excluding hydrogens is 304 g/mol. The van der Waals surface area contributed by atoms with Crippen molar-refractivity contribution in [3.05, 3.63) is 41.7 Å². The lowest BCUT2D eigenvalue weighted by atomic mass is 10.0. The molecule has 1 aromatic carbocycles. The molecule has 0 aliphatic heterocycles. The van der Waals surface area contributed by atoms with Crippen LogP contribution in [0, 0.1) is 6.92 Å². The van der Waals surface area contributed by atoms with Crippen molar-refractivity contribution in [2.24, 2.45) is 0 Å². The molecule has 7 heteroatoms. The van der Waals surface area contributed by atoms with E-state index in [1.54, 1.807) is 18.2 Å². The summed E-state index contributed by atoms with van der Waals surface area (Å²) >= 11 is 5.03. The Kier molecular flexibility index (Phi) is 4.57. The van der Waals surface area contributed by atoms with Crippen LogP contribution in [0.2, 0.25) is 0 Å². The first-order valence-electron chi connectivity index (χ1n) is 6.40. The van der Waals surface area contributed by atoms with E-state index >= 15 is 0 Å². The summed E-state index contributed by atoms with van der Waals surface area (Å²) in [5.74, 6) is -1.06. The monoisotopic (exact) mass is 318 g/mol. The summed E-state index contributed by atoms with van der Waals surface area (Å²) in [6, 6.07) is 8.39. The Balaban J connectivity index is 2.30.